The van der Waals surface area contributed by atoms with Crippen molar-refractivity contribution in [2.45, 2.75) is 13.5 Å². The van der Waals surface area contributed by atoms with Crippen molar-refractivity contribution in [1.82, 2.24) is 9.13 Å². The molecule has 0 aliphatic carbocycles. The highest BCUT2D eigenvalue weighted by molar-refractivity contribution is 5.70. The fourth-order valence-electron chi connectivity index (χ4n) is 1.43. The molecule has 0 aromatic carbocycles. The Hall–Kier alpha value is -2.27. The lowest BCUT2D eigenvalue weighted by Crippen LogP contribution is -2.30. The first-order valence-electron chi connectivity index (χ1n) is 4.37. The van der Waals surface area contributed by atoms with Crippen LogP contribution in [-0.4, -0.2) is 9.13 Å². The summed E-state index contributed by atoms with van der Waals surface area (Å²) in [5, 5.41) is 17.8. The Balaban J connectivity index is 4.06. The van der Waals surface area contributed by atoms with Crippen LogP contribution in [0.1, 0.15) is 6.92 Å². The van der Waals surface area contributed by atoms with Gasteiger partial charge in [0.25, 0.3) is 5.56 Å². The second kappa shape index (κ2) is 3.85. The van der Waals surface area contributed by atoms with Gasteiger partial charge in [-0.05, 0) is 6.92 Å². The van der Waals surface area contributed by atoms with Gasteiger partial charge in [-0.1, -0.05) is 6.58 Å². The van der Waals surface area contributed by atoms with Crippen LogP contribution < -0.4 is 16.4 Å². The first-order chi connectivity index (χ1) is 7.08. The number of rotatable bonds is 1. The molecule has 0 fully saturated rings. The summed E-state index contributed by atoms with van der Waals surface area (Å²) in [5.41, 5.74) is -0.0261. The molecule has 1 aromatic heterocycles. The van der Waals surface area contributed by atoms with E-state index in [0.717, 1.165) is 0 Å². The molecular formula is C10H10N4O. The first kappa shape index (κ1) is 10.8. The number of hydrogen-bond acceptors (Lipinski definition) is 3. The Labute approximate surface area is 86.4 Å². The molecule has 0 saturated carbocycles. The van der Waals surface area contributed by atoms with Crippen LogP contribution in [0.5, 0.6) is 0 Å². The number of hydrogen-bond donors (Lipinski definition) is 0. The van der Waals surface area contributed by atoms with Gasteiger partial charge in [0, 0.05) is 13.6 Å². The molecule has 76 valence electrons. The molecule has 0 aliphatic rings. The third-order valence-electron chi connectivity index (χ3n) is 2.23. The Bertz CT molecular complexity index is 617. The highest BCUT2D eigenvalue weighted by atomic mass is 16.1. The maximum absolute atomic E-state index is 11.6. The van der Waals surface area contributed by atoms with Gasteiger partial charge in [-0.2, -0.15) is 10.5 Å². The van der Waals surface area contributed by atoms with E-state index < -0.39 is 0 Å². The number of nitriles is 2. The van der Waals surface area contributed by atoms with E-state index in [-0.39, 0.29) is 16.5 Å². The zero-order chi connectivity index (χ0) is 11.6. The summed E-state index contributed by atoms with van der Waals surface area (Å²) >= 11 is 0. The van der Waals surface area contributed by atoms with E-state index in [1.165, 1.54) is 9.13 Å². The number of imidazole rings is 1. The van der Waals surface area contributed by atoms with E-state index in [1.54, 1.807) is 26.1 Å². The molecule has 0 amide bonds. The quantitative estimate of drug-likeness (QED) is 0.575. The summed E-state index contributed by atoms with van der Waals surface area (Å²) in [6.07, 6.45) is 0. The Morgan fingerprint density at radius 2 is 2.00 bits per heavy atom. The van der Waals surface area contributed by atoms with E-state index in [4.69, 9.17) is 10.5 Å². The second-order valence-corrected chi connectivity index (χ2v) is 2.98. The molecule has 0 N–H and O–H groups in total. The fourth-order valence-corrected chi connectivity index (χ4v) is 1.43. The molecule has 0 aliphatic heterocycles. The highest BCUT2D eigenvalue weighted by Crippen LogP contribution is 1.84. The van der Waals surface area contributed by atoms with Crippen LogP contribution >= 0.6 is 0 Å². The van der Waals surface area contributed by atoms with Gasteiger partial charge in [0.1, 0.15) is 23.0 Å². The van der Waals surface area contributed by atoms with Crippen molar-refractivity contribution in [3.05, 3.63) is 21.2 Å². The lowest BCUT2D eigenvalue weighted by atomic mass is 10.3. The zero-order valence-corrected chi connectivity index (χ0v) is 8.61. The third kappa shape index (κ3) is 1.44. The van der Waals surface area contributed by atoms with E-state index >= 15 is 0 Å². The largest absolute Gasteiger partial charge is 0.325 e. The third-order valence-corrected chi connectivity index (χ3v) is 2.23. The molecule has 5 heteroatoms. The SMILES string of the molecule is C=c1c(=O)n(CC)c(=C(C#N)C#N)n1C. The molecule has 1 rings (SSSR count). The molecule has 1 aromatic rings. The average Bonchev–Trinajstić information content (AvgIpc) is 2.46. The molecule has 0 unspecified atom stereocenters. The zero-order valence-electron chi connectivity index (χ0n) is 8.61. The van der Waals surface area contributed by atoms with Crippen LogP contribution in [0.4, 0.5) is 0 Å². The first-order valence-corrected chi connectivity index (χ1v) is 4.37. The van der Waals surface area contributed by atoms with Gasteiger partial charge in [0.2, 0.25) is 0 Å². The van der Waals surface area contributed by atoms with Crippen LogP contribution in [-0.2, 0) is 13.6 Å². The van der Waals surface area contributed by atoms with Gasteiger partial charge in [-0.25, -0.2) is 0 Å². The standard InChI is InChI=1S/C10H10N4O/c1-4-14-9(8(5-11)6-12)13(3)7(2)10(14)15/h2,4H2,1,3H3. The monoisotopic (exact) mass is 202 g/mol. The maximum atomic E-state index is 11.6. The number of aromatic nitrogens is 2. The Kier molecular flexibility index (Phi) is 2.77. The van der Waals surface area contributed by atoms with Crippen LogP contribution in [0.25, 0.3) is 12.2 Å². The van der Waals surface area contributed by atoms with Crippen LogP contribution in [0.3, 0.4) is 0 Å². The Morgan fingerprint density at radius 3 is 2.40 bits per heavy atom. The van der Waals surface area contributed by atoms with Crippen molar-refractivity contribution in [2.24, 2.45) is 7.05 Å². The van der Waals surface area contributed by atoms with Gasteiger partial charge in [0.15, 0.2) is 5.57 Å². The minimum Gasteiger partial charge on any atom is -0.325 e. The van der Waals surface area contributed by atoms with Gasteiger partial charge < -0.3 is 4.57 Å². The fraction of sp³-hybridized carbons (Fsp3) is 0.300. The van der Waals surface area contributed by atoms with Crippen molar-refractivity contribution < 1.29 is 0 Å². The van der Waals surface area contributed by atoms with Crippen molar-refractivity contribution >= 4 is 12.2 Å². The molecule has 1 heterocycles. The predicted molar refractivity (Wildman–Crippen MR) is 54.8 cm³/mol. The molecule has 0 bridgehead atoms. The van der Waals surface area contributed by atoms with Gasteiger partial charge in [-0.15, -0.1) is 0 Å². The van der Waals surface area contributed by atoms with E-state index in [9.17, 15) is 4.79 Å². The Morgan fingerprint density at radius 1 is 1.47 bits per heavy atom. The molecule has 0 radical (unpaired) electrons. The van der Waals surface area contributed by atoms with Crippen molar-refractivity contribution in [3.63, 3.8) is 0 Å². The van der Waals surface area contributed by atoms with E-state index in [1.807, 2.05) is 0 Å². The summed E-state index contributed by atoms with van der Waals surface area (Å²) in [6, 6.07) is 3.54. The molecule has 0 saturated heterocycles. The molecule has 0 spiro atoms. The van der Waals surface area contributed by atoms with Crippen LogP contribution in [0, 0.1) is 22.7 Å². The molecule has 5 nitrogen and oxygen atoms in total. The topological polar surface area (TPSA) is 74.5 Å². The number of nitrogens with zero attached hydrogens (tertiary/aromatic N) is 4. The van der Waals surface area contributed by atoms with Crippen molar-refractivity contribution in [3.8, 4) is 12.1 Å². The molecule has 15 heavy (non-hydrogen) atoms. The molecule has 0 atom stereocenters. The molecular weight excluding hydrogens is 192 g/mol. The summed E-state index contributed by atoms with van der Waals surface area (Å²) in [7, 11) is 1.61. The van der Waals surface area contributed by atoms with Crippen LogP contribution in [0.2, 0.25) is 0 Å². The normalized spacial score (nSPS) is 9.33. The van der Waals surface area contributed by atoms with Gasteiger partial charge >= 0.3 is 0 Å². The maximum Gasteiger partial charge on any atom is 0.275 e. The van der Waals surface area contributed by atoms with Crippen molar-refractivity contribution in [2.75, 3.05) is 0 Å². The van der Waals surface area contributed by atoms with Crippen LogP contribution in [0.15, 0.2) is 4.79 Å². The highest BCUT2D eigenvalue weighted by Gasteiger charge is 2.08. The van der Waals surface area contributed by atoms with Gasteiger partial charge in [0.05, 0.1) is 0 Å². The minimum atomic E-state index is -0.266. The lowest BCUT2D eigenvalue weighted by molar-refractivity contribution is 0.683. The summed E-state index contributed by atoms with van der Waals surface area (Å²) in [5.74, 6) is 0. The van der Waals surface area contributed by atoms with Crippen molar-refractivity contribution in [1.29, 1.82) is 10.5 Å². The van der Waals surface area contributed by atoms with Gasteiger partial charge in [-0.3, -0.25) is 9.36 Å². The van der Waals surface area contributed by atoms with E-state index in [2.05, 4.69) is 6.58 Å². The summed E-state index contributed by atoms with van der Waals surface area (Å²) in [6.45, 7) is 5.78. The summed E-state index contributed by atoms with van der Waals surface area (Å²) in [4.78, 5) is 11.6. The average molecular weight is 202 g/mol. The lowest BCUT2D eigenvalue weighted by Gasteiger charge is -1.96. The summed E-state index contributed by atoms with van der Waals surface area (Å²) < 4.78 is 2.83. The predicted octanol–water partition coefficient (Wildman–Crippen LogP) is -1.19. The minimum absolute atomic E-state index is 0.0775. The second-order valence-electron chi connectivity index (χ2n) is 2.98. The smallest absolute Gasteiger partial charge is 0.275 e. The van der Waals surface area contributed by atoms with E-state index in [0.29, 0.717) is 12.0 Å².